The fourth-order valence-corrected chi connectivity index (χ4v) is 2.62. The predicted molar refractivity (Wildman–Crippen MR) is 80.8 cm³/mol. The van der Waals surface area contributed by atoms with Crippen molar-refractivity contribution in [2.24, 2.45) is 0 Å². The van der Waals surface area contributed by atoms with Crippen LogP contribution in [0.1, 0.15) is 24.2 Å². The molecule has 2 aromatic carbocycles. The molecule has 1 atom stereocenters. The molecular formula is C15H14BrClO2. The van der Waals surface area contributed by atoms with Crippen molar-refractivity contribution in [3.05, 3.63) is 63.1 Å². The highest BCUT2D eigenvalue weighted by Crippen LogP contribution is 2.31. The van der Waals surface area contributed by atoms with Crippen LogP contribution in [0.3, 0.4) is 0 Å². The molecule has 0 aliphatic rings. The molecule has 0 fully saturated rings. The van der Waals surface area contributed by atoms with E-state index in [1.807, 2.05) is 43.3 Å². The molecule has 1 N–H and O–H groups in total. The van der Waals surface area contributed by atoms with Crippen LogP contribution < -0.4 is 4.74 Å². The first-order valence-electron chi connectivity index (χ1n) is 5.97. The third kappa shape index (κ3) is 3.50. The van der Waals surface area contributed by atoms with Crippen LogP contribution in [0.4, 0.5) is 0 Å². The molecule has 19 heavy (non-hydrogen) atoms. The number of aliphatic hydroxyl groups excluding tert-OH is 1. The lowest BCUT2D eigenvalue weighted by atomic mass is 10.0. The fourth-order valence-electron chi connectivity index (χ4n) is 1.84. The highest BCUT2D eigenvalue weighted by atomic mass is 79.9. The Bertz CT molecular complexity index is 572. The van der Waals surface area contributed by atoms with E-state index in [2.05, 4.69) is 15.9 Å². The lowest BCUT2D eigenvalue weighted by Gasteiger charge is -2.14. The molecule has 0 radical (unpaired) electrons. The van der Waals surface area contributed by atoms with Gasteiger partial charge in [-0.15, -0.1) is 0 Å². The number of rotatable bonds is 4. The van der Waals surface area contributed by atoms with E-state index < -0.39 is 6.10 Å². The first-order chi connectivity index (χ1) is 9.11. The van der Waals surface area contributed by atoms with Gasteiger partial charge in [-0.1, -0.05) is 45.7 Å². The Kier molecular flexibility index (Phi) is 4.86. The second kappa shape index (κ2) is 6.42. The smallest absolute Gasteiger partial charge is 0.119 e. The first kappa shape index (κ1) is 14.4. The molecule has 0 aromatic heterocycles. The monoisotopic (exact) mass is 340 g/mol. The molecule has 0 aliphatic heterocycles. The maximum absolute atomic E-state index is 10.4. The summed E-state index contributed by atoms with van der Waals surface area (Å²) in [5.74, 6) is 0.743. The van der Waals surface area contributed by atoms with Gasteiger partial charge in [0.2, 0.25) is 0 Å². The first-order valence-corrected chi connectivity index (χ1v) is 7.14. The molecule has 2 aromatic rings. The second-order valence-corrected chi connectivity index (χ2v) is 5.40. The number of hydrogen-bond acceptors (Lipinski definition) is 2. The summed E-state index contributed by atoms with van der Waals surface area (Å²) in [5.41, 5.74) is 1.44. The Morgan fingerprint density at radius 3 is 2.74 bits per heavy atom. The van der Waals surface area contributed by atoms with Crippen LogP contribution >= 0.6 is 27.5 Å². The molecule has 0 saturated heterocycles. The zero-order valence-corrected chi connectivity index (χ0v) is 12.8. The number of ether oxygens (including phenoxy) is 1. The minimum absolute atomic E-state index is 0.531. The van der Waals surface area contributed by atoms with Crippen molar-refractivity contribution in [2.75, 3.05) is 6.61 Å². The van der Waals surface area contributed by atoms with E-state index in [4.69, 9.17) is 16.3 Å². The van der Waals surface area contributed by atoms with Gasteiger partial charge in [-0.25, -0.2) is 0 Å². The fraction of sp³-hybridized carbons (Fsp3) is 0.200. The zero-order chi connectivity index (χ0) is 13.8. The van der Waals surface area contributed by atoms with Gasteiger partial charge in [0.15, 0.2) is 0 Å². The quantitative estimate of drug-likeness (QED) is 0.882. The van der Waals surface area contributed by atoms with Gasteiger partial charge in [0, 0.05) is 15.1 Å². The molecule has 0 amide bonds. The van der Waals surface area contributed by atoms with E-state index in [1.165, 1.54) is 0 Å². The second-order valence-electron chi connectivity index (χ2n) is 4.07. The molecule has 0 heterocycles. The van der Waals surface area contributed by atoms with Gasteiger partial charge in [0.1, 0.15) is 11.9 Å². The lowest BCUT2D eigenvalue weighted by molar-refractivity contribution is 0.219. The van der Waals surface area contributed by atoms with Crippen molar-refractivity contribution < 1.29 is 9.84 Å². The van der Waals surface area contributed by atoms with E-state index in [9.17, 15) is 5.11 Å². The average molecular weight is 342 g/mol. The Morgan fingerprint density at radius 2 is 2.05 bits per heavy atom. The molecule has 0 saturated carbocycles. The summed E-state index contributed by atoms with van der Waals surface area (Å²) in [7, 11) is 0. The van der Waals surface area contributed by atoms with E-state index >= 15 is 0 Å². The minimum atomic E-state index is -0.763. The third-order valence-electron chi connectivity index (χ3n) is 2.74. The maximum Gasteiger partial charge on any atom is 0.119 e. The molecule has 4 heteroatoms. The Morgan fingerprint density at radius 1 is 1.26 bits per heavy atom. The van der Waals surface area contributed by atoms with Crippen molar-refractivity contribution in [2.45, 2.75) is 13.0 Å². The van der Waals surface area contributed by atoms with Crippen LogP contribution in [0.2, 0.25) is 5.02 Å². The third-order valence-corrected chi connectivity index (χ3v) is 3.56. The van der Waals surface area contributed by atoms with Gasteiger partial charge in [-0.05, 0) is 36.8 Å². The van der Waals surface area contributed by atoms with Gasteiger partial charge < -0.3 is 9.84 Å². The van der Waals surface area contributed by atoms with Crippen LogP contribution in [0.5, 0.6) is 5.75 Å². The molecule has 2 rings (SSSR count). The summed E-state index contributed by atoms with van der Waals surface area (Å²) in [6, 6.07) is 12.8. The van der Waals surface area contributed by atoms with Crippen LogP contribution in [0, 0.1) is 0 Å². The van der Waals surface area contributed by atoms with Crippen LogP contribution in [-0.4, -0.2) is 11.7 Å². The van der Waals surface area contributed by atoms with Crippen LogP contribution in [0.15, 0.2) is 46.9 Å². The van der Waals surface area contributed by atoms with Crippen LogP contribution in [0.25, 0.3) is 0 Å². The summed E-state index contributed by atoms with van der Waals surface area (Å²) < 4.78 is 6.32. The van der Waals surface area contributed by atoms with E-state index in [1.54, 1.807) is 6.07 Å². The topological polar surface area (TPSA) is 29.5 Å². The molecule has 100 valence electrons. The zero-order valence-electron chi connectivity index (χ0n) is 10.4. The van der Waals surface area contributed by atoms with Crippen molar-refractivity contribution in [3.63, 3.8) is 0 Å². The Balaban J connectivity index is 2.32. The summed E-state index contributed by atoms with van der Waals surface area (Å²) >= 11 is 9.50. The number of aliphatic hydroxyl groups is 1. The van der Waals surface area contributed by atoms with E-state index in [0.29, 0.717) is 17.2 Å². The van der Waals surface area contributed by atoms with Gasteiger partial charge in [-0.3, -0.25) is 0 Å². The molecule has 2 nitrogen and oxygen atoms in total. The summed E-state index contributed by atoms with van der Waals surface area (Å²) in [6.07, 6.45) is -0.763. The highest BCUT2D eigenvalue weighted by molar-refractivity contribution is 9.10. The Labute approximate surface area is 126 Å². The molecule has 0 aliphatic carbocycles. The Hall–Kier alpha value is -1.03. The highest BCUT2D eigenvalue weighted by Gasteiger charge is 2.14. The lowest BCUT2D eigenvalue weighted by Crippen LogP contribution is -2.01. The number of halogens is 2. The summed E-state index contributed by atoms with van der Waals surface area (Å²) in [5, 5.41) is 10.9. The van der Waals surface area contributed by atoms with E-state index in [0.717, 1.165) is 15.8 Å². The molecule has 0 bridgehead atoms. The maximum atomic E-state index is 10.4. The number of hydrogen-bond donors (Lipinski definition) is 1. The standard InChI is InChI=1S/C15H14BrClO2/c1-2-19-12-5-3-4-10(8-12)15(18)13-7-6-11(16)9-14(13)17/h3-9,15,18H,2H2,1H3. The summed E-state index contributed by atoms with van der Waals surface area (Å²) in [4.78, 5) is 0. The van der Waals surface area contributed by atoms with Crippen molar-refractivity contribution in [1.29, 1.82) is 0 Å². The van der Waals surface area contributed by atoms with Crippen molar-refractivity contribution >= 4 is 27.5 Å². The van der Waals surface area contributed by atoms with Gasteiger partial charge in [0.05, 0.1) is 6.61 Å². The predicted octanol–water partition coefficient (Wildman–Crippen LogP) is 4.58. The average Bonchev–Trinajstić information content (AvgIpc) is 2.39. The molecular weight excluding hydrogens is 328 g/mol. The normalized spacial score (nSPS) is 12.2. The largest absolute Gasteiger partial charge is 0.494 e. The van der Waals surface area contributed by atoms with Gasteiger partial charge in [0.25, 0.3) is 0 Å². The molecule has 0 spiro atoms. The van der Waals surface area contributed by atoms with E-state index in [-0.39, 0.29) is 0 Å². The van der Waals surface area contributed by atoms with Crippen LogP contribution in [-0.2, 0) is 0 Å². The number of benzene rings is 2. The van der Waals surface area contributed by atoms with Crippen molar-refractivity contribution in [3.8, 4) is 5.75 Å². The van der Waals surface area contributed by atoms with Gasteiger partial charge in [-0.2, -0.15) is 0 Å². The minimum Gasteiger partial charge on any atom is -0.494 e. The summed E-state index contributed by atoms with van der Waals surface area (Å²) in [6.45, 7) is 2.52. The van der Waals surface area contributed by atoms with Gasteiger partial charge >= 0.3 is 0 Å². The SMILES string of the molecule is CCOc1cccc(C(O)c2ccc(Br)cc2Cl)c1. The van der Waals surface area contributed by atoms with Crippen molar-refractivity contribution in [1.82, 2.24) is 0 Å². The molecule has 1 unspecified atom stereocenters.